The second kappa shape index (κ2) is 5.27. The highest BCUT2D eigenvalue weighted by atomic mass is 28.3. The molecule has 0 bridgehead atoms. The summed E-state index contributed by atoms with van der Waals surface area (Å²) in [6, 6.07) is 7.60. The summed E-state index contributed by atoms with van der Waals surface area (Å²) in [7, 11) is 3.15. The number of rotatable bonds is 4. The van der Waals surface area contributed by atoms with E-state index in [4.69, 9.17) is 9.85 Å². The minimum absolute atomic E-state index is 0.0223. The Morgan fingerprint density at radius 2 is 2.25 bits per heavy atom. The van der Waals surface area contributed by atoms with E-state index in [-0.39, 0.29) is 19.8 Å². The van der Waals surface area contributed by atoms with Crippen LogP contribution in [-0.4, -0.2) is 30.3 Å². The molecule has 1 aromatic carbocycles. The fraction of sp³-hybridized carbons (Fsp3) is 0. The smallest absolute Gasteiger partial charge is 0.409 e. The quantitative estimate of drug-likeness (QED) is 0.399. The molecule has 1 aromatic rings. The summed E-state index contributed by atoms with van der Waals surface area (Å²) in [5, 5.41) is 1.08. The fourth-order valence-corrected chi connectivity index (χ4v) is 2.27. The predicted octanol–water partition coefficient (Wildman–Crippen LogP) is -0.836. The maximum atomic E-state index is 5.57. The lowest BCUT2D eigenvalue weighted by atomic mass is 10.3. The molecule has 1 rings (SSSR count). The van der Waals surface area contributed by atoms with Crippen LogP contribution in [0.5, 0.6) is 0 Å². The summed E-state index contributed by atoms with van der Waals surface area (Å²) < 4.78 is 9.73. The van der Waals surface area contributed by atoms with Gasteiger partial charge in [0.2, 0.25) is 10.5 Å². The van der Waals surface area contributed by atoms with Crippen molar-refractivity contribution in [3.63, 3.8) is 0 Å². The van der Waals surface area contributed by atoms with Crippen molar-refractivity contribution >= 4 is 41.1 Å². The highest BCUT2D eigenvalue weighted by Crippen LogP contribution is 1.95. The normalized spacial score (nSPS) is 10.1. The van der Waals surface area contributed by atoms with E-state index >= 15 is 0 Å². The largest absolute Gasteiger partial charge is 0.435 e. The average molecular weight is 208 g/mol. The molecule has 2 N–H and O–H groups in total. The Bertz CT molecular complexity index is 246. The molecule has 0 aliphatic rings. The Morgan fingerprint density at radius 3 is 2.92 bits per heavy atom. The van der Waals surface area contributed by atoms with Crippen molar-refractivity contribution in [2.75, 3.05) is 5.73 Å². The van der Waals surface area contributed by atoms with Crippen LogP contribution in [0.4, 0.5) is 5.69 Å². The topological polar surface area (TPSA) is 44.5 Å². The van der Waals surface area contributed by atoms with Crippen molar-refractivity contribution in [3.05, 3.63) is 24.3 Å². The molecule has 0 atom stereocenters. The van der Waals surface area contributed by atoms with Crippen molar-refractivity contribution in [2.24, 2.45) is 0 Å². The zero-order valence-electron chi connectivity index (χ0n) is 6.20. The van der Waals surface area contributed by atoms with Crippen molar-refractivity contribution in [1.82, 2.24) is 0 Å². The van der Waals surface area contributed by atoms with Crippen LogP contribution < -0.4 is 10.9 Å². The van der Waals surface area contributed by atoms with Crippen LogP contribution in [0, 0.1) is 0 Å². The van der Waals surface area contributed by atoms with E-state index in [0.717, 1.165) is 10.9 Å². The Morgan fingerprint density at radius 1 is 1.42 bits per heavy atom. The SMILES string of the molecule is Nc1cccc([Si]O[Si]O[Si])c1. The molecule has 0 aliphatic carbocycles. The molecule has 12 heavy (non-hydrogen) atoms. The molecule has 0 saturated heterocycles. The fourth-order valence-electron chi connectivity index (χ4n) is 0.703. The van der Waals surface area contributed by atoms with Gasteiger partial charge >= 0.3 is 10.0 Å². The molecule has 0 fully saturated rings. The van der Waals surface area contributed by atoms with Gasteiger partial charge in [0.05, 0.1) is 0 Å². The van der Waals surface area contributed by atoms with Crippen LogP contribution in [0.15, 0.2) is 24.3 Å². The molecule has 0 amide bonds. The number of nitrogens with two attached hydrogens (primary N) is 1. The second-order valence-electron chi connectivity index (χ2n) is 2.01. The van der Waals surface area contributed by atoms with E-state index in [2.05, 4.69) is 14.6 Å². The Kier molecular flexibility index (Phi) is 4.25. The molecule has 59 valence electrons. The standard InChI is InChI=1S/C6H6NO2Si3/c7-5-2-1-3-6(4-5)11-9-12-8-10/h1-4H,7H2. The summed E-state index contributed by atoms with van der Waals surface area (Å²) in [5.74, 6) is 0. The molecule has 0 heterocycles. The van der Waals surface area contributed by atoms with Crippen molar-refractivity contribution in [2.45, 2.75) is 0 Å². The average Bonchev–Trinajstić information content (AvgIpc) is 2.05. The molecule has 0 saturated carbocycles. The summed E-state index contributed by atoms with van der Waals surface area (Å²) in [4.78, 5) is 0. The Balaban J connectivity index is 2.41. The van der Waals surface area contributed by atoms with Gasteiger partial charge in [0.25, 0.3) is 9.76 Å². The summed E-state index contributed by atoms with van der Waals surface area (Å²) in [6.07, 6.45) is 0. The van der Waals surface area contributed by atoms with Crippen LogP contribution >= 0.6 is 0 Å². The third kappa shape index (κ3) is 3.32. The first kappa shape index (κ1) is 9.68. The van der Waals surface area contributed by atoms with Crippen LogP contribution in [-0.2, 0) is 8.23 Å². The summed E-state index contributed by atoms with van der Waals surface area (Å²) in [6.45, 7) is 0. The first-order chi connectivity index (χ1) is 5.83. The lowest BCUT2D eigenvalue weighted by Crippen LogP contribution is -2.20. The second-order valence-corrected chi connectivity index (χ2v) is 4.60. The van der Waals surface area contributed by atoms with Crippen LogP contribution in [0.2, 0.25) is 0 Å². The van der Waals surface area contributed by atoms with E-state index in [1.165, 1.54) is 0 Å². The van der Waals surface area contributed by atoms with Crippen molar-refractivity contribution in [1.29, 1.82) is 0 Å². The van der Waals surface area contributed by atoms with E-state index in [1.54, 1.807) is 0 Å². The molecule has 0 aromatic heterocycles. The Hall–Kier alpha value is -0.409. The van der Waals surface area contributed by atoms with Gasteiger partial charge in [-0.25, -0.2) is 0 Å². The van der Waals surface area contributed by atoms with Crippen molar-refractivity contribution < 1.29 is 8.23 Å². The summed E-state index contributed by atoms with van der Waals surface area (Å²) in [5.41, 5.74) is 6.33. The van der Waals surface area contributed by atoms with Gasteiger partial charge in [-0.1, -0.05) is 12.1 Å². The lowest BCUT2D eigenvalue weighted by Gasteiger charge is -1.99. The number of anilines is 1. The minimum Gasteiger partial charge on any atom is -0.435 e. The molecular formula is C6H6NO2Si3. The summed E-state index contributed by atoms with van der Waals surface area (Å²) >= 11 is 0. The van der Waals surface area contributed by atoms with Crippen LogP contribution in [0.25, 0.3) is 0 Å². The third-order valence-corrected chi connectivity index (χ3v) is 2.76. The molecule has 0 unspecified atom stereocenters. The van der Waals surface area contributed by atoms with Gasteiger partial charge in [0.15, 0.2) is 0 Å². The van der Waals surface area contributed by atoms with Gasteiger partial charge in [0, 0.05) is 5.69 Å². The molecule has 0 aliphatic heterocycles. The third-order valence-electron chi connectivity index (χ3n) is 1.14. The molecule has 0 spiro atoms. The van der Waals surface area contributed by atoms with Gasteiger partial charge in [-0.15, -0.1) is 0 Å². The van der Waals surface area contributed by atoms with Gasteiger partial charge in [-0.2, -0.15) is 0 Å². The maximum absolute atomic E-state index is 5.57. The first-order valence-electron chi connectivity index (χ1n) is 3.18. The van der Waals surface area contributed by atoms with E-state index in [1.807, 2.05) is 24.3 Å². The number of nitrogen functional groups attached to an aromatic ring is 1. The number of hydrogen-bond acceptors (Lipinski definition) is 3. The number of benzene rings is 1. The minimum atomic E-state index is 0.0223. The van der Waals surface area contributed by atoms with E-state index < -0.39 is 0 Å². The van der Waals surface area contributed by atoms with Gasteiger partial charge in [-0.3, -0.25) is 0 Å². The molecular weight excluding hydrogens is 202 g/mol. The van der Waals surface area contributed by atoms with Crippen LogP contribution in [0.1, 0.15) is 0 Å². The van der Waals surface area contributed by atoms with E-state index in [9.17, 15) is 0 Å². The van der Waals surface area contributed by atoms with Gasteiger partial charge in [0.1, 0.15) is 0 Å². The maximum Gasteiger partial charge on any atom is 0.409 e. The molecule has 7 radical (unpaired) electrons. The van der Waals surface area contributed by atoms with Crippen LogP contribution in [0.3, 0.4) is 0 Å². The van der Waals surface area contributed by atoms with E-state index in [0.29, 0.717) is 0 Å². The molecule has 6 heteroatoms. The highest BCUT2D eigenvalue weighted by Gasteiger charge is 1.97. The lowest BCUT2D eigenvalue weighted by molar-refractivity contribution is 0.508. The first-order valence-corrected chi connectivity index (χ1v) is 5.31. The van der Waals surface area contributed by atoms with Gasteiger partial charge < -0.3 is 14.0 Å². The van der Waals surface area contributed by atoms with Crippen molar-refractivity contribution in [3.8, 4) is 0 Å². The number of hydrogen-bond donors (Lipinski definition) is 1. The Labute approximate surface area is 79.8 Å². The monoisotopic (exact) mass is 208 g/mol. The zero-order valence-corrected chi connectivity index (χ0v) is 9.20. The predicted molar refractivity (Wildman–Crippen MR) is 49.9 cm³/mol. The zero-order chi connectivity index (χ0) is 8.81. The highest BCUT2D eigenvalue weighted by molar-refractivity contribution is 6.53. The molecule has 3 nitrogen and oxygen atoms in total. The van der Waals surface area contributed by atoms with Gasteiger partial charge in [-0.05, 0) is 17.3 Å².